The summed E-state index contributed by atoms with van der Waals surface area (Å²) in [6.45, 7) is 7.18. The summed E-state index contributed by atoms with van der Waals surface area (Å²) >= 11 is 5.27. The highest BCUT2D eigenvalue weighted by Crippen LogP contribution is 2.20. The van der Waals surface area contributed by atoms with E-state index in [0.717, 1.165) is 21.7 Å². The molecule has 1 aromatic carbocycles. The van der Waals surface area contributed by atoms with E-state index in [-0.39, 0.29) is 0 Å². The van der Waals surface area contributed by atoms with Gasteiger partial charge in [-0.15, -0.1) is 11.3 Å². The van der Waals surface area contributed by atoms with E-state index in [2.05, 4.69) is 65.2 Å². The predicted molar refractivity (Wildman–Crippen MR) is 81.0 cm³/mol. The van der Waals surface area contributed by atoms with E-state index < -0.39 is 0 Å². The van der Waals surface area contributed by atoms with Gasteiger partial charge in [-0.05, 0) is 38.5 Å². The highest BCUT2D eigenvalue weighted by atomic mass is 79.9. The van der Waals surface area contributed by atoms with E-state index in [9.17, 15) is 0 Å². The molecule has 0 spiro atoms. The van der Waals surface area contributed by atoms with Crippen LogP contribution in [-0.2, 0) is 6.54 Å². The van der Waals surface area contributed by atoms with Gasteiger partial charge in [0.2, 0.25) is 0 Å². The Kier molecular flexibility index (Phi) is 4.54. The highest BCUT2D eigenvalue weighted by Gasteiger charge is 2.08. The molecule has 0 aliphatic heterocycles. The number of nitrogens with one attached hydrogen (secondary N) is 1. The molecule has 0 radical (unpaired) electrons. The molecule has 0 aliphatic rings. The van der Waals surface area contributed by atoms with Gasteiger partial charge in [0.15, 0.2) is 0 Å². The number of halogens is 1. The van der Waals surface area contributed by atoms with Gasteiger partial charge in [0.1, 0.15) is 5.01 Å². The summed E-state index contributed by atoms with van der Waals surface area (Å²) in [5.74, 6) is 0. The van der Waals surface area contributed by atoms with Crippen LogP contribution in [0, 0.1) is 13.8 Å². The molecule has 4 heteroatoms. The number of hydrogen-bond acceptors (Lipinski definition) is 3. The largest absolute Gasteiger partial charge is 0.304 e. The lowest BCUT2D eigenvalue weighted by molar-refractivity contribution is 0.572. The number of aryl methyl sites for hydroxylation is 2. The number of nitrogens with zero attached hydrogens (tertiary/aromatic N) is 1. The van der Waals surface area contributed by atoms with Crippen LogP contribution in [0.1, 0.15) is 34.1 Å². The van der Waals surface area contributed by atoms with Crippen molar-refractivity contribution in [3.8, 4) is 0 Å². The molecule has 1 unspecified atom stereocenters. The fourth-order valence-corrected chi connectivity index (χ4v) is 3.05. The normalized spacial score (nSPS) is 12.7. The summed E-state index contributed by atoms with van der Waals surface area (Å²) in [4.78, 5) is 5.85. The van der Waals surface area contributed by atoms with Gasteiger partial charge in [-0.3, -0.25) is 0 Å². The lowest BCUT2D eigenvalue weighted by atomic mass is 10.1. The molecular weight excluding hydrogens is 308 g/mol. The first-order chi connectivity index (χ1) is 8.56. The summed E-state index contributed by atoms with van der Waals surface area (Å²) in [7, 11) is 0. The van der Waals surface area contributed by atoms with E-state index >= 15 is 0 Å². The average Bonchev–Trinajstić information content (AvgIpc) is 2.66. The van der Waals surface area contributed by atoms with E-state index in [1.54, 1.807) is 11.3 Å². The Balaban J connectivity index is 1.98. The molecule has 0 aliphatic carbocycles. The molecule has 1 heterocycles. The summed E-state index contributed by atoms with van der Waals surface area (Å²) in [5, 5.41) is 4.67. The number of aromatic nitrogens is 1. The molecule has 1 atom stereocenters. The van der Waals surface area contributed by atoms with Gasteiger partial charge in [-0.2, -0.15) is 0 Å². The first-order valence-electron chi connectivity index (χ1n) is 5.98. The third kappa shape index (κ3) is 3.40. The van der Waals surface area contributed by atoms with Gasteiger partial charge in [0.05, 0.1) is 5.69 Å². The summed E-state index contributed by atoms with van der Waals surface area (Å²) < 4.78 is 1.12. The van der Waals surface area contributed by atoms with E-state index in [1.807, 2.05) is 6.07 Å². The highest BCUT2D eigenvalue weighted by molar-refractivity contribution is 9.10. The molecule has 2 aromatic rings. The van der Waals surface area contributed by atoms with Gasteiger partial charge in [0, 0.05) is 21.9 Å². The first-order valence-corrected chi connectivity index (χ1v) is 7.59. The molecule has 0 saturated carbocycles. The molecule has 2 rings (SSSR count). The zero-order valence-electron chi connectivity index (χ0n) is 10.8. The van der Waals surface area contributed by atoms with Crippen LogP contribution in [0.5, 0.6) is 0 Å². The molecule has 18 heavy (non-hydrogen) atoms. The Morgan fingerprint density at radius 3 is 2.78 bits per heavy atom. The van der Waals surface area contributed by atoms with Crippen molar-refractivity contribution in [1.82, 2.24) is 10.3 Å². The molecule has 0 fully saturated rings. The zero-order chi connectivity index (χ0) is 13.1. The lowest BCUT2D eigenvalue weighted by Gasteiger charge is -2.13. The molecule has 2 nitrogen and oxygen atoms in total. The number of hydrogen-bond donors (Lipinski definition) is 1. The van der Waals surface area contributed by atoms with Gasteiger partial charge in [-0.1, -0.05) is 28.1 Å². The van der Waals surface area contributed by atoms with Crippen molar-refractivity contribution < 1.29 is 0 Å². The molecule has 0 saturated heterocycles. The van der Waals surface area contributed by atoms with Crippen LogP contribution >= 0.6 is 27.3 Å². The van der Waals surface area contributed by atoms with Crippen molar-refractivity contribution >= 4 is 27.3 Å². The van der Waals surface area contributed by atoms with Crippen LogP contribution in [0.4, 0.5) is 0 Å². The maximum atomic E-state index is 4.54. The minimum Gasteiger partial charge on any atom is -0.304 e. The molecule has 0 bridgehead atoms. The minimum atomic E-state index is 0.326. The lowest BCUT2D eigenvalue weighted by Crippen LogP contribution is -2.17. The summed E-state index contributed by atoms with van der Waals surface area (Å²) in [6.07, 6.45) is 0. The second-order valence-corrected chi connectivity index (χ2v) is 6.61. The Bertz CT molecular complexity index is 517. The maximum Gasteiger partial charge on any atom is 0.107 e. The Morgan fingerprint density at radius 1 is 1.39 bits per heavy atom. The van der Waals surface area contributed by atoms with E-state index in [1.165, 1.54) is 10.4 Å². The summed E-state index contributed by atoms with van der Waals surface area (Å²) in [6, 6.07) is 8.72. The Hall–Kier alpha value is -0.710. The third-order valence-electron chi connectivity index (χ3n) is 2.98. The summed E-state index contributed by atoms with van der Waals surface area (Å²) in [5.41, 5.74) is 2.43. The van der Waals surface area contributed by atoms with Crippen LogP contribution < -0.4 is 5.32 Å². The van der Waals surface area contributed by atoms with Crippen LogP contribution in [0.15, 0.2) is 28.7 Å². The van der Waals surface area contributed by atoms with E-state index in [4.69, 9.17) is 0 Å². The van der Waals surface area contributed by atoms with Gasteiger partial charge in [-0.25, -0.2) is 4.98 Å². The third-order valence-corrected chi connectivity index (χ3v) is 4.55. The molecule has 96 valence electrons. The average molecular weight is 325 g/mol. The second-order valence-electron chi connectivity index (χ2n) is 4.41. The van der Waals surface area contributed by atoms with Gasteiger partial charge >= 0.3 is 0 Å². The Morgan fingerprint density at radius 2 is 2.17 bits per heavy atom. The molecule has 0 amide bonds. The Labute approximate surface area is 121 Å². The monoisotopic (exact) mass is 324 g/mol. The smallest absolute Gasteiger partial charge is 0.107 e. The topological polar surface area (TPSA) is 24.9 Å². The number of thiazole rings is 1. The number of rotatable bonds is 4. The quantitative estimate of drug-likeness (QED) is 0.903. The van der Waals surface area contributed by atoms with Gasteiger partial charge in [0.25, 0.3) is 0 Å². The second kappa shape index (κ2) is 5.95. The van der Waals surface area contributed by atoms with Crippen LogP contribution in [0.3, 0.4) is 0 Å². The standard InChI is InChI=1S/C14H17BrN2S/c1-9-11(3)18-14(17-9)8-16-10(2)12-5-4-6-13(15)7-12/h4-7,10,16H,8H2,1-3H3. The number of benzene rings is 1. The zero-order valence-corrected chi connectivity index (χ0v) is 13.2. The molecule has 1 N–H and O–H groups in total. The fraction of sp³-hybridized carbons (Fsp3) is 0.357. The van der Waals surface area contributed by atoms with Crippen molar-refractivity contribution in [3.05, 3.63) is 49.9 Å². The van der Waals surface area contributed by atoms with E-state index in [0.29, 0.717) is 6.04 Å². The molecular formula is C14H17BrN2S. The fourth-order valence-electron chi connectivity index (χ4n) is 1.75. The SMILES string of the molecule is Cc1nc(CNC(C)c2cccc(Br)c2)sc1C. The maximum absolute atomic E-state index is 4.54. The van der Waals surface area contributed by atoms with Crippen LogP contribution in [0.2, 0.25) is 0 Å². The van der Waals surface area contributed by atoms with Crippen molar-refractivity contribution in [3.63, 3.8) is 0 Å². The first kappa shape index (κ1) is 13.7. The predicted octanol–water partition coefficient (Wildman–Crippen LogP) is 4.37. The van der Waals surface area contributed by atoms with Crippen molar-refractivity contribution in [2.75, 3.05) is 0 Å². The van der Waals surface area contributed by atoms with Crippen LogP contribution in [-0.4, -0.2) is 4.98 Å². The van der Waals surface area contributed by atoms with Gasteiger partial charge < -0.3 is 5.32 Å². The van der Waals surface area contributed by atoms with Crippen LogP contribution in [0.25, 0.3) is 0 Å². The van der Waals surface area contributed by atoms with Crippen molar-refractivity contribution in [1.29, 1.82) is 0 Å². The van der Waals surface area contributed by atoms with Crippen molar-refractivity contribution in [2.24, 2.45) is 0 Å². The minimum absolute atomic E-state index is 0.326. The van der Waals surface area contributed by atoms with Crippen molar-refractivity contribution in [2.45, 2.75) is 33.4 Å². The molecule has 1 aromatic heterocycles.